The van der Waals surface area contributed by atoms with Crippen LogP contribution >= 0.6 is 0 Å². The minimum Gasteiger partial charge on any atom is -0.376 e. The monoisotopic (exact) mass is 430 g/mol. The van der Waals surface area contributed by atoms with Crippen LogP contribution in [0, 0.1) is 5.92 Å². The van der Waals surface area contributed by atoms with Gasteiger partial charge in [-0.05, 0) is 54.6 Å². The van der Waals surface area contributed by atoms with Gasteiger partial charge in [-0.1, -0.05) is 38.1 Å². The van der Waals surface area contributed by atoms with Crippen LogP contribution in [0.4, 0.5) is 22.7 Å². The fourth-order valence-electron chi connectivity index (χ4n) is 2.81. The van der Waals surface area contributed by atoms with Gasteiger partial charge in [0.25, 0.3) is 5.91 Å². The minimum atomic E-state index is -0.228. The van der Waals surface area contributed by atoms with Crippen molar-refractivity contribution in [2.75, 3.05) is 27.8 Å². The number of carbonyl (C=O) groups excluding carboxylic acids is 3. The molecule has 0 saturated carbocycles. The van der Waals surface area contributed by atoms with Crippen LogP contribution in [0.1, 0.15) is 24.2 Å². The summed E-state index contributed by atoms with van der Waals surface area (Å²) in [5.41, 5.74) is 3.18. The molecule has 0 aliphatic heterocycles. The Morgan fingerprint density at radius 3 is 1.97 bits per heavy atom. The second kappa shape index (κ2) is 10.8. The van der Waals surface area contributed by atoms with E-state index >= 15 is 0 Å². The van der Waals surface area contributed by atoms with Gasteiger partial charge in [0.2, 0.25) is 11.8 Å². The Bertz CT molecular complexity index is 1080. The van der Waals surface area contributed by atoms with Crippen LogP contribution in [0.25, 0.3) is 0 Å². The van der Waals surface area contributed by atoms with Crippen LogP contribution < -0.4 is 21.3 Å². The molecule has 0 spiro atoms. The molecule has 164 valence electrons. The van der Waals surface area contributed by atoms with Gasteiger partial charge in [-0.25, -0.2) is 0 Å². The Kier molecular flexibility index (Phi) is 7.59. The van der Waals surface area contributed by atoms with Crippen molar-refractivity contribution in [1.82, 2.24) is 0 Å². The molecule has 0 aromatic heterocycles. The van der Waals surface area contributed by atoms with E-state index in [0.29, 0.717) is 22.6 Å². The van der Waals surface area contributed by atoms with Crippen molar-refractivity contribution in [3.63, 3.8) is 0 Å². The molecule has 0 atom stereocenters. The van der Waals surface area contributed by atoms with Gasteiger partial charge in [-0.2, -0.15) is 0 Å². The van der Waals surface area contributed by atoms with E-state index in [1.807, 2.05) is 19.9 Å². The Hall–Kier alpha value is -4.13. The maximum atomic E-state index is 12.3. The first-order valence-corrected chi connectivity index (χ1v) is 10.3. The lowest BCUT2D eigenvalue weighted by Gasteiger charge is -2.11. The lowest BCUT2D eigenvalue weighted by molar-refractivity contribution is -0.119. The van der Waals surface area contributed by atoms with Crippen molar-refractivity contribution in [3.05, 3.63) is 84.4 Å². The SMILES string of the molecule is CC(C)C(=O)Nc1ccc(NCC(=O)Nc2cccc(NC(=O)c3ccccc3)c2)cc1. The zero-order valence-electron chi connectivity index (χ0n) is 18.0. The van der Waals surface area contributed by atoms with Gasteiger partial charge < -0.3 is 21.3 Å². The maximum Gasteiger partial charge on any atom is 0.255 e. The number of hydrogen-bond donors (Lipinski definition) is 4. The van der Waals surface area contributed by atoms with Crippen LogP contribution in [-0.2, 0) is 9.59 Å². The number of amides is 3. The summed E-state index contributed by atoms with van der Waals surface area (Å²) in [7, 11) is 0. The predicted octanol–water partition coefficient (Wildman–Crippen LogP) is 4.58. The largest absolute Gasteiger partial charge is 0.376 e. The number of benzene rings is 3. The van der Waals surface area contributed by atoms with Crippen molar-refractivity contribution in [2.24, 2.45) is 5.92 Å². The normalized spacial score (nSPS) is 10.3. The van der Waals surface area contributed by atoms with Crippen molar-refractivity contribution < 1.29 is 14.4 Å². The topological polar surface area (TPSA) is 99.3 Å². The van der Waals surface area contributed by atoms with Crippen LogP contribution in [0.5, 0.6) is 0 Å². The molecule has 0 unspecified atom stereocenters. The third-order valence-corrected chi connectivity index (χ3v) is 4.57. The van der Waals surface area contributed by atoms with Gasteiger partial charge >= 0.3 is 0 Å². The van der Waals surface area contributed by atoms with E-state index < -0.39 is 0 Å². The van der Waals surface area contributed by atoms with Crippen LogP contribution in [-0.4, -0.2) is 24.3 Å². The molecule has 0 heterocycles. The fraction of sp³-hybridized carbons (Fsp3) is 0.160. The van der Waals surface area contributed by atoms with Crippen LogP contribution in [0.2, 0.25) is 0 Å². The zero-order valence-corrected chi connectivity index (χ0v) is 18.0. The molecule has 3 rings (SSSR count). The summed E-state index contributed by atoms with van der Waals surface area (Å²) in [6, 6.07) is 23.0. The number of nitrogens with one attached hydrogen (secondary N) is 4. The van der Waals surface area contributed by atoms with Gasteiger partial charge in [-0.3, -0.25) is 14.4 Å². The highest BCUT2D eigenvalue weighted by Gasteiger charge is 2.08. The molecule has 0 radical (unpaired) electrons. The summed E-state index contributed by atoms with van der Waals surface area (Å²) >= 11 is 0. The number of rotatable bonds is 8. The van der Waals surface area contributed by atoms with Gasteiger partial charge in [0.15, 0.2) is 0 Å². The molecule has 32 heavy (non-hydrogen) atoms. The van der Waals surface area contributed by atoms with Crippen molar-refractivity contribution >= 4 is 40.5 Å². The van der Waals surface area contributed by atoms with E-state index in [1.54, 1.807) is 72.8 Å². The lowest BCUT2D eigenvalue weighted by Crippen LogP contribution is -2.22. The molecule has 7 heteroatoms. The summed E-state index contributed by atoms with van der Waals surface area (Å²) in [6.07, 6.45) is 0. The summed E-state index contributed by atoms with van der Waals surface area (Å²) in [5.74, 6) is -0.591. The van der Waals surface area contributed by atoms with Crippen molar-refractivity contribution in [3.8, 4) is 0 Å². The van der Waals surface area contributed by atoms with Crippen LogP contribution in [0.15, 0.2) is 78.9 Å². The van der Waals surface area contributed by atoms with E-state index in [2.05, 4.69) is 21.3 Å². The zero-order chi connectivity index (χ0) is 22.9. The number of carbonyl (C=O) groups is 3. The molecule has 3 amide bonds. The summed E-state index contributed by atoms with van der Waals surface area (Å²) in [4.78, 5) is 36.3. The van der Waals surface area contributed by atoms with Crippen molar-refractivity contribution in [1.29, 1.82) is 0 Å². The smallest absolute Gasteiger partial charge is 0.255 e. The average molecular weight is 431 g/mol. The first kappa shape index (κ1) is 22.6. The molecular weight excluding hydrogens is 404 g/mol. The fourth-order valence-corrected chi connectivity index (χ4v) is 2.81. The standard InChI is InChI=1S/C25H26N4O3/c1-17(2)24(31)28-20-13-11-19(12-14-20)26-16-23(30)27-21-9-6-10-22(15-21)29-25(32)18-7-4-3-5-8-18/h3-15,17,26H,16H2,1-2H3,(H,27,30)(H,28,31)(H,29,32). The average Bonchev–Trinajstić information content (AvgIpc) is 2.79. The molecule has 4 N–H and O–H groups in total. The lowest BCUT2D eigenvalue weighted by atomic mass is 10.2. The van der Waals surface area contributed by atoms with E-state index in [4.69, 9.17) is 0 Å². The van der Waals surface area contributed by atoms with Gasteiger partial charge in [-0.15, -0.1) is 0 Å². The summed E-state index contributed by atoms with van der Waals surface area (Å²) in [5, 5.41) is 11.5. The van der Waals surface area contributed by atoms with E-state index in [-0.39, 0.29) is 30.2 Å². The Balaban J connectivity index is 1.50. The Labute approximate surface area is 187 Å². The Morgan fingerprint density at radius 1 is 0.688 bits per heavy atom. The van der Waals surface area contributed by atoms with Gasteiger partial charge in [0.05, 0.1) is 6.54 Å². The minimum absolute atomic E-state index is 0.0488. The highest BCUT2D eigenvalue weighted by Crippen LogP contribution is 2.17. The van der Waals surface area contributed by atoms with Crippen molar-refractivity contribution in [2.45, 2.75) is 13.8 Å². The predicted molar refractivity (Wildman–Crippen MR) is 128 cm³/mol. The van der Waals surface area contributed by atoms with E-state index in [9.17, 15) is 14.4 Å². The molecule has 3 aromatic rings. The summed E-state index contributed by atoms with van der Waals surface area (Å²) < 4.78 is 0. The number of anilines is 4. The molecule has 3 aromatic carbocycles. The first-order valence-electron chi connectivity index (χ1n) is 10.3. The number of hydrogen-bond acceptors (Lipinski definition) is 4. The first-order chi connectivity index (χ1) is 15.4. The second-order valence-electron chi connectivity index (χ2n) is 7.52. The van der Waals surface area contributed by atoms with Gasteiger partial charge in [0, 0.05) is 34.2 Å². The molecule has 0 fully saturated rings. The quantitative estimate of drug-likeness (QED) is 0.420. The highest BCUT2D eigenvalue weighted by atomic mass is 16.2. The third-order valence-electron chi connectivity index (χ3n) is 4.57. The molecule has 0 aliphatic carbocycles. The van der Waals surface area contributed by atoms with Crippen LogP contribution in [0.3, 0.4) is 0 Å². The third kappa shape index (κ3) is 6.70. The van der Waals surface area contributed by atoms with Gasteiger partial charge in [0.1, 0.15) is 0 Å². The molecule has 0 saturated heterocycles. The summed E-state index contributed by atoms with van der Waals surface area (Å²) in [6.45, 7) is 3.73. The molecular formula is C25H26N4O3. The maximum absolute atomic E-state index is 12.3. The molecule has 7 nitrogen and oxygen atoms in total. The molecule has 0 aliphatic rings. The molecule has 0 bridgehead atoms. The van der Waals surface area contributed by atoms with E-state index in [1.165, 1.54) is 0 Å². The highest BCUT2D eigenvalue weighted by molar-refractivity contribution is 6.04. The Morgan fingerprint density at radius 2 is 1.31 bits per heavy atom. The second-order valence-corrected chi connectivity index (χ2v) is 7.52. The van der Waals surface area contributed by atoms with E-state index in [0.717, 1.165) is 5.69 Å².